The Morgan fingerprint density at radius 1 is 1.31 bits per heavy atom. The predicted molar refractivity (Wildman–Crippen MR) is 62.7 cm³/mol. The van der Waals surface area contributed by atoms with Crippen molar-refractivity contribution in [1.29, 1.82) is 0 Å². The molecule has 0 unspecified atom stereocenters. The normalized spacial score (nSPS) is 14.2. The first-order valence-electron chi connectivity index (χ1n) is 5.24. The maximum Gasteiger partial charge on any atom is -0.00297 e. The van der Waals surface area contributed by atoms with Crippen LogP contribution in [-0.4, -0.2) is 0 Å². The minimum Gasteiger partial charge on any atom is -0.120 e. The minimum absolute atomic E-state index is 0.542. The summed E-state index contributed by atoms with van der Waals surface area (Å²) in [5.41, 5.74) is 0.542. The van der Waals surface area contributed by atoms with E-state index in [0.29, 0.717) is 5.41 Å². The van der Waals surface area contributed by atoms with E-state index in [-0.39, 0.29) is 0 Å². The zero-order valence-corrected chi connectivity index (χ0v) is 10.3. The van der Waals surface area contributed by atoms with Gasteiger partial charge in [0.25, 0.3) is 0 Å². The molecule has 0 aromatic carbocycles. The van der Waals surface area contributed by atoms with Crippen LogP contribution in [0.1, 0.15) is 60.8 Å². The molecular formula is C13H26. The highest BCUT2D eigenvalue weighted by Gasteiger charge is 2.12. The van der Waals surface area contributed by atoms with Gasteiger partial charge in [0.15, 0.2) is 0 Å². The molecule has 0 heteroatoms. The largest absolute Gasteiger partial charge is 0.120 e. The molecule has 13 heavy (non-hydrogen) atoms. The molecule has 0 aromatic rings. The summed E-state index contributed by atoms with van der Waals surface area (Å²) < 4.78 is 0. The van der Waals surface area contributed by atoms with E-state index in [1.165, 1.54) is 19.3 Å². The molecule has 1 aliphatic rings. The minimum atomic E-state index is 0.542. The SMILES string of the molecule is C#CC.CC1CC1.CCC(C)(C)C. The van der Waals surface area contributed by atoms with Gasteiger partial charge in [0.05, 0.1) is 0 Å². The first-order valence-corrected chi connectivity index (χ1v) is 5.24. The van der Waals surface area contributed by atoms with E-state index in [1.807, 2.05) is 0 Å². The van der Waals surface area contributed by atoms with Crippen molar-refractivity contribution in [2.45, 2.75) is 60.8 Å². The molecule has 0 saturated heterocycles. The van der Waals surface area contributed by atoms with Gasteiger partial charge in [-0.1, -0.05) is 53.9 Å². The first-order chi connectivity index (χ1) is 5.87. The second-order valence-electron chi connectivity index (χ2n) is 4.89. The molecule has 78 valence electrons. The topological polar surface area (TPSA) is 0 Å². The monoisotopic (exact) mass is 182 g/mol. The van der Waals surface area contributed by atoms with E-state index in [0.717, 1.165) is 5.92 Å². The third-order valence-corrected chi connectivity index (χ3v) is 1.93. The highest BCUT2D eigenvalue weighted by Crippen LogP contribution is 2.26. The smallest absolute Gasteiger partial charge is 0.00297 e. The van der Waals surface area contributed by atoms with Crippen LogP contribution in [0.3, 0.4) is 0 Å². The van der Waals surface area contributed by atoms with E-state index in [9.17, 15) is 0 Å². The summed E-state index contributed by atoms with van der Waals surface area (Å²) in [6.07, 6.45) is 8.84. The number of terminal acetylenes is 1. The van der Waals surface area contributed by atoms with Gasteiger partial charge in [-0.25, -0.2) is 0 Å². The standard InChI is InChI=1S/C6H14.C4H8.C3H4/c1-5-6(2,3)4;1-4-2-3-4;1-3-2/h5H2,1-4H3;4H,2-3H2,1H3;1H,2H3. The van der Waals surface area contributed by atoms with Crippen LogP contribution in [-0.2, 0) is 0 Å². The van der Waals surface area contributed by atoms with Crippen LogP contribution in [0.2, 0.25) is 0 Å². The lowest BCUT2D eigenvalue weighted by Gasteiger charge is -2.12. The average Bonchev–Trinajstić information content (AvgIpc) is 2.73. The molecule has 0 radical (unpaired) electrons. The van der Waals surface area contributed by atoms with Gasteiger partial charge in [-0.3, -0.25) is 0 Å². The van der Waals surface area contributed by atoms with Crippen LogP contribution in [0.25, 0.3) is 0 Å². The molecule has 0 amide bonds. The van der Waals surface area contributed by atoms with Crippen molar-refractivity contribution in [1.82, 2.24) is 0 Å². The van der Waals surface area contributed by atoms with E-state index in [1.54, 1.807) is 6.92 Å². The average molecular weight is 182 g/mol. The number of hydrogen-bond acceptors (Lipinski definition) is 0. The van der Waals surface area contributed by atoms with Crippen LogP contribution < -0.4 is 0 Å². The van der Waals surface area contributed by atoms with E-state index >= 15 is 0 Å². The van der Waals surface area contributed by atoms with Crippen molar-refractivity contribution in [2.24, 2.45) is 11.3 Å². The predicted octanol–water partition coefficient (Wildman–Crippen LogP) is 4.50. The second kappa shape index (κ2) is 8.17. The van der Waals surface area contributed by atoms with Crippen molar-refractivity contribution < 1.29 is 0 Å². The fourth-order valence-corrected chi connectivity index (χ4v) is 0.167. The Balaban J connectivity index is 0. The Hall–Kier alpha value is -0.440. The molecule has 1 rings (SSSR count). The Bertz CT molecular complexity index is 127. The van der Waals surface area contributed by atoms with Crippen LogP contribution in [0.5, 0.6) is 0 Å². The van der Waals surface area contributed by atoms with Crippen LogP contribution in [0.15, 0.2) is 0 Å². The Kier molecular flexibility index (Phi) is 9.46. The first kappa shape index (κ1) is 15.1. The lowest BCUT2D eigenvalue weighted by molar-refractivity contribution is 0.398. The molecular weight excluding hydrogens is 156 g/mol. The third-order valence-electron chi connectivity index (χ3n) is 1.93. The summed E-state index contributed by atoms with van der Waals surface area (Å²) in [4.78, 5) is 0. The van der Waals surface area contributed by atoms with Crippen molar-refractivity contribution in [3.63, 3.8) is 0 Å². The van der Waals surface area contributed by atoms with Gasteiger partial charge in [0, 0.05) is 0 Å². The quantitative estimate of drug-likeness (QED) is 0.484. The van der Waals surface area contributed by atoms with E-state index in [2.05, 4.69) is 47.0 Å². The molecule has 0 heterocycles. The molecule has 0 bridgehead atoms. The third kappa shape index (κ3) is 34.2. The summed E-state index contributed by atoms with van der Waals surface area (Å²) in [6, 6.07) is 0. The fraction of sp³-hybridized carbons (Fsp3) is 0.846. The number of hydrogen-bond donors (Lipinski definition) is 0. The van der Waals surface area contributed by atoms with Gasteiger partial charge < -0.3 is 0 Å². The van der Waals surface area contributed by atoms with Crippen LogP contribution in [0.4, 0.5) is 0 Å². The van der Waals surface area contributed by atoms with Crippen LogP contribution >= 0.6 is 0 Å². The summed E-state index contributed by atoms with van der Waals surface area (Å²) in [5, 5.41) is 0. The maximum atomic E-state index is 4.60. The summed E-state index contributed by atoms with van der Waals surface area (Å²) >= 11 is 0. The molecule has 0 atom stereocenters. The van der Waals surface area contributed by atoms with Gasteiger partial charge >= 0.3 is 0 Å². The summed E-state index contributed by atoms with van der Waals surface area (Å²) in [5.74, 6) is 3.33. The van der Waals surface area contributed by atoms with Gasteiger partial charge in [0.2, 0.25) is 0 Å². The zero-order valence-electron chi connectivity index (χ0n) is 10.3. The fourth-order valence-electron chi connectivity index (χ4n) is 0.167. The van der Waals surface area contributed by atoms with Gasteiger partial charge in [-0.15, -0.1) is 12.3 Å². The molecule has 1 aliphatic carbocycles. The maximum absolute atomic E-state index is 4.60. The number of rotatable bonds is 0. The van der Waals surface area contributed by atoms with Crippen molar-refractivity contribution in [3.8, 4) is 12.3 Å². The lowest BCUT2D eigenvalue weighted by Crippen LogP contribution is -2.00. The Morgan fingerprint density at radius 2 is 1.46 bits per heavy atom. The second-order valence-corrected chi connectivity index (χ2v) is 4.89. The molecule has 0 spiro atoms. The van der Waals surface area contributed by atoms with Crippen LogP contribution in [0, 0.1) is 23.7 Å². The summed E-state index contributed by atoms with van der Waals surface area (Å²) in [6.45, 7) is 12.9. The zero-order chi connectivity index (χ0) is 10.9. The van der Waals surface area contributed by atoms with Crippen molar-refractivity contribution in [2.75, 3.05) is 0 Å². The molecule has 1 fully saturated rings. The van der Waals surface area contributed by atoms with Crippen molar-refractivity contribution in [3.05, 3.63) is 0 Å². The van der Waals surface area contributed by atoms with Gasteiger partial charge in [-0.2, -0.15) is 0 Å². The molecule has 1 saturated carbocycles. The Morgan fingerprint density at radius 3 is 1.46 bits per heavy atom. The molecule has 0 aliphatic heterocycles. The summed E-state index contributed by atoms with van der Waals surface area (Å²) in [7, 11) is 0. The molecule has 0 nitrogen and oxygen atoms in total. The highest BCUT2D eigenvalue weighted by atomic mass is 14.2. The van der Waals surface area contributed by atoms with Gasteiger partial charge in [0.1, 0.15) is 0 Å². The Labute approximate surface area is 85.1 Å². The lowest BCUT2D eigenvalue weighted by atomic mass is 9.94. The van der Waals surface area contributed by atoms with Crippen molar-refractivity contribution >= 4 is 0 Å². The van der Waals surface area contributed by atoms with E-state index in [4.69, 9.17) is 0 Å². The molecule has 0 N–H and O–H groups in total. The molecule has 0 aromatic heterocycles. The highest BCUT2D eigenvalue weighted by molar-refractivity contribution is 4.73. The van der Waals surface area contributed by atoms with Gasteiger partial charge in [-0.05, 0) is 18.3 Å². The van der Waals surface area contributed by atoms with E-state index < -0.39 is 0 Å².